The molecule has 0 saturated heterocycles. The molecule has 0 saturated carbocycles. The van der Waals surface area contributed by atoms with Gasteiger partial charge >= 0.3 is 5.69 Å². The molecule has 0 fully saturated rings. The van der Waals surface area contributed by atoms with Crippen LogP contribution in [0, 0.1) is 6.92 Å². The first-order chi connectivity index (χ1) is 14.5. The van der Waals surface area contributed by atoms with E-state index in [1.807, 2.05) is 10.6 Å². The van der Waals surface area contributed by atoms with Gasteiger partial charge in [-0.15, -0.1) is 0 Å². The van der Waals surface area contributed by atoms with Gasteiger partial charge in [-0.1, -0.05) is 38.1 Å². The number of nitrogens with one attached hydrogen (secondary N) is 1. The number of aryl methyl sites for hydroxylation is 5. The number of rotatable bonds is 6. The molecule has 0 bridgehead atoms. The molecule has 6 heteroatoms. The molecule has 2 aliphatic heterocycles. The van der Waals surface area contributed by atoms with Crippen LogP contribution in [-0.4, -0.2) is 19.5 Å². The van der Waals surface area contributed by atoms with Crippen molar-refractivity contribution in [2.75, 3.05) is 0 Å². The zero-order valence-corrected chi connectivity index (χ0v) is 17.7. The van der Waals surface area contributed by atoms with Gasteiger partial charge < -0.3 is 4.57 Å². The lowest BCUT2D eigenvalue weighted by Gasteiger charge is -2.18. The molecule has 6 nitrogen and oxygen atoms in total. The summed E-state index contributed by atoms with van der Waals surface area (Å²) >= 11 is 0. The Morgan fingerprint density at radius 1 is 0.967 bits per heavy atom. The molecule has 0 amide bonds. The Labute approximate surface area is 175 Å². The summed E-state index contributed by atoms with van der Waals surface area (Å²) < 4.78 is 1.97. The highest BCUT2D eigenvalue weighted by Crippen LogP contribution is 2.25. The molecule has 30 heavy (non-hydrogen) atoms. The van der Waals surface area contributed by atoms with Gasteiger partial charge in [-0.2, -0.15) is 4.98 Å². The summed E-state index contributed by atoms with van der Waals surface area (Å²) in [6, 6.07) is 12.8. The van der Waals surface area contributed by atoms with Gasteiger partial charge in [0.25, 0.3) is 5.56 Å². The van der Waals surface area contributed by atoms with E-state index >= 15 is 0 Å². The predicted octanol–water partition coefficient (Wildman–Crippen LogP) is 3.65. The van der Waals surface area contributed by atoms with Crippen LogP contribution >= 0.6 is 0 Å². The van der Waals surface area contributed by atoms with E-state index in [0.29, 0.717) is 12.4 Å². The number of H-pyrrole nitrogens is 1. The average molecular weight is 402 g/mol. The van der Waals surface area contributed by atoms with Gasteiger partial charge in [0.1, 0.15) is 0 Å². The van der Waals surface area contributed by atoms with Crippen molar-refractivity contribution in [2.24, 2.45) is 0 Å². The second-order valence-electron chi connectivity index (χ2n) is 7.70. The fourth-order valence-electron chi connectivity index (χ4n) is 3.98. The zero-order valence-electron chi connectivity index (χ0n) is 17.7. The molecule has 1 N–H and O–H groups in total. The van der Waals surface area contributed by atoms with Crippen LogP contribution in [0.15, 0.2) is 46.0 Å². The molecule has 2 heterocycles. The van der Waals surface area contributed by atoms with Crippen molar-refractivity contribution in [2.45, 2.75) is 53.0 Å². The largest absolute Gasteiger partial charge is 0.349 e. The fourth-order valence-corrected chi connectivity index (χ4v) is 3.98. The van der Waals surface area contributed by atoms with E-state index in [1.54, 1.807) is 0 Å². The molecule has 0 spiro atoms. The molecule has 0 radical (unpaired) electrons. The van der Waals surface area contributed by atoms with Crippen molar-refractivity contribution < 1.29 is 0 Å². The second kappa shape index (κ2) is 8.22. The van der Waals surface area contributed by atoms with Gasteiger partial charge in [0, 0.05) is 6.54 Å². The first-order valence-corrected chi connectivity index (χ1v) is 10.5. The topological polar surface area (TPSA) is 80.6 Å². The second-order valence-corrected chi connectivity index (χ2v) is 7.70. The van der Waals surface area contributed by atoms with Crippen molar-refractivity contribution in [3.05, 3.63) is 79.5 Å². The van der Waals surface area contributed by atoms with Gasteiger partial charge in [0.05, 0.1) is 11.0 Å². The van der Waals surface area contributed by atoms with Gasteiger partial charge in [0.15, 0.2) is 11.5 Å². The molecule has 154 valence electrons. The molecule has 2 aliphatic rings. The third-order valence-corrected chi connectivity index (χ3v) is 5.73. The minimum Gasteiger partial charge on any atom is -0.322 e. The number of nitrogens with zero attached hydrogens (tertiary/aromatic N) is 3. The molecule has 2 aromatic carbocycles. The minimum atomic E-state index is -0.639. The lowest BCUT2D eigenvalue weighted by atomic mass is 10.0. The Morgan fingerprint density at radius 3 is 2.40 bits per heavy atom. The monoisotopic (exact) mass is 402 g/mol. The molecule has 0 aromatic heterocycles. The number of hydrogen-bond acceptors (Lipinski definition) is 4. The molecule has 0 aliphatic carbocycles. The summed E-state index contributed by atoms with van der Waals surface area (Å²) in [5.74, 6) is 0.348. The van der Waals surface area contributed by atoms with E-state index < -0.39 is 11.2 Å². The third kappa shape index (κ3) is 3.77. The highest BCUT2D eigenvalue weighted by molar-refractivity contribution is 5.81. The molecular weight excluding hydrogens is 376 g/mol. The smallest absolute Gasteiger partial charge is 0.322 e. The van der Waals surface area contributed by atoms with E-state index in [-0.39, 0.29) is 5.69 Å². The van der Waals surface area contributed by atoms with Crippen molar-refractivity contribution in [1.82, 2.24) is 19.5 Å². The zero-order chi connectivity index (χ0) is 21.3. The lowest BCUT2D eigenvalue weighted by molar-refractivity contribution is 0.648. The molecule has 0 atom stereocenters. The van der Waals surface area contributed by atoms with Crippen LogP contribution in [0.3, 0.4) is 0 Å². The Hall–Kier alpha value is -3.28. The lowest BCUT2D eigenvalue weighted by Crippen LogP contribution is -2.29. The SMILES string of the molecule is CCc1ccc(CCCn2c3nc(=O)[nH]c(=O)c-3nc3cc(CC)c(C)cc32)cc1. The predicted molar refractivity (Wildman–Crippen MR) is 119 cm³/mol. The maximum Gasteiger partial charge on any atom is 0.349 e. The van der Waals surface area contributed by atoms with E-state index in [1.165, 1.54) is 22.3 Å². The maximum absolute atomic E-state index is 12.4. The van der Waals surface area contributed by atoms with E-state index in [9.17, 15) is 9.59 Å². The standard InChI is InChI=1S/C24H26N4O2/c1-4-16-8-10-17(11-9-16)7-6-12-28-20-13-15(3)18(5-2)14-19(20)25-21-22(28)26-24(30)27-23(21)29/h8-11,13-14H,4-7,12H2,1-3H3,(H,27,29,30). The Kier molecular flexibility index (Phi) is 5.48. The van der Waals surface area contributed by atoms with Crippen molar-refractivity contribution >= 4 is 11.0 Å². The van der Waals surface area contributed by atoms with Crippen LogP contribution in [0.5, 0.6) is 0 Å². The highest BCUT2D eigenvalue weighted by Gasteiger charge is 2.19. The summed E-state index contributed by atoms with van der Waals surface area (Å²) in [7, 11) is 0. The number of benzene rings is 2. The Balaban J connectivity index is 1.77. The number of aromatic amines is 1. The van der Waals surface area contributed by atoms with E-state index in [0.717, 1.165) is 36.7 Å². The Morgan fingerprint density at radius 2 is 1.70 bits per heavy atom. The normalized spacial score (nSPS) is 11.4. The molecule has 4 rings (SSSR count). The highest BCUT2D eigenvalue weighted by atomic mass is 16.2. The van der Waals surface area contributed by atoms with Gasteiger partial charge in [-0.05, 0) is 67.0 Å². The Bertz CT molecular complexity index is 1290. The summed E-state index contributed by atoms with van der Waals surface area (Å²) in [6.07, 6.45) is 3.69. The summed E-state index contributed by atoms with van der Waals surface area (Å²) in [5.41, 5.74) is 5.69. The maximum atomic E-state index is 12.4. The fraction of sp³-hybridized carbons (Fsp3) is 0.333. The number of aromatic nitrogens is 4. The summed E-state index contributed by atoms with van der Waals surface area (Å²) in [5, 5.41) is 0. The van der Waals surface area contributed by atoms with Crippen LogP contribution in [0.1, 0.15) is 42.5 Å². The van der Waals surface area contributed by atoms with E-state index in [2.05, 4.69) is 66.1 Å². The van der Waals surface area contributed by atoms with Crippen LogP contribution in [0.4, 0.5) is 0 Å². The van der Waals surface area contributed by atoms with Crippen molar-refractivity contribution in [3.63, 3.8) is 0 Å². The molecule has 2 aromatic rings. The molecular formula is C24H26N4O2. The average Bonchev–Trinajstić information content (AvgIpc) is 2.74. The summed E-state index contributed by atoms with van der Waals surface area (Å²) in [6.45, 7) is 6.97. The van der Waals surface area contributed by atoms with E-state index in [4.69, 9.17) is 0 Å². The van der Waals surface area contributed by atoms with Crippen LogP contribution in [-0.2, 0) is 25.8 Å². The van der Waals surface area contributed by atoms with Crippen LogP contribution in [0.2, 0.25) is 0 Å². The number of hydrogen-bond donors (Lipinski definition) is 1. The number of fused-ring (bicyclic) bond motifs is 2. The van der Waals surface area contributed by atoms with Crippen molar-refractivity contribution in [1.29, 1.82) is 0 Å². The minimum absolute atomic E-state index is 0.209. The van der Waals surface area contributed by atoms with Gasteiger partial charge in [0.2, 0.25) is 0 Å². The van der Waals surface area contributed by atoms with Crippen LogP contribution in [0.25, 0.3) is 22.6 Å². The van der Waals surface area contributed by atoms with Gasteiger partial charge in [-0.25, -0.2) is 9.78 Å². The van der Waals surface area contributed by atoms with Gasteiger partial charge in [-0.3, -0.25) is 9.78 Å². The van der Waals surface area contributed by atoms with Crippen molar-refractivity contribution in [3.8, 4) is 11.5 Å². The third-order valence-electron chi connectivity index (χ3n) is 5.73. The van der Waals surface area contributed by atoms with Crippen LogP contribution < -0.4 is 11.2 Å². The first-order valence-electron chi connectivity index (χ1n) is 10.5. The molecule has 0 unspecified atom stereocenters. The summed E-state index contributed by atoms with van der Waals surface area (Å²) in [4.78, 5) is 35.2. The quantitative estimate of drug-likeness (QED) is 0.499. The first kappa shape index (κ1) is 20.0.